The summed E-state index contributed by atoms with van der Waals surface area (Å²) in [5, 5.41) is 6.16. The fraction of sp³-hybridized carbons (Fsp3) is 0.909. The van der Waals surface area contributed by atoms with E-state index in [0.717, 1.165) is 32.5 Å². The molecule has 0 aromatic rings. The second kappa shape index (κ2) is 6.08. The van der Waals surface area contributed by atoms with Gasteiger partial charge in [-0.1, -0.05) is 6.92 Å². The number of amides is 1. The van der Waals surface area contributed by atoms with E-state index in [2.05, 4.69) is 22.5 Å². The Morgan fingerprint density at radius 2 is 2.07 bits per heavy atom. The first kappa shape index (κ1) is 12.5. The van der Waals surface area contributed by atoms with Gasteiger partial charge in [-0.15, -0.1) is 0 Å². The van der Waals surface area contributed by atoms with Crippen LogP contribution in [0, 0.1) is 0 Å². The molecule has 0 spiro atoms. The van der Waals surface area contributed by atoms with Gasteiger partial charge in [0, 0.05) is 26.2 Å². The average molecular weight is 213 g/mol. The van der Waals surface area contributed by atoms with Crippen LogP contribution in [0.25, 0.3) is 0 Å². The van der Waals surface area contributed by atoms with Crippen molar-refractivity contribution in [2.24, 2.45) is 0 Å². The molecule has 4 nitrogen and oxygen atoms in total. The fourth-order valence-corrected chi connectivity index (χ4v) is 2.15. The maximum atomic E-state index is 11.4. The van der Waals surface area contributed by atoms with Gasteiger partial charge < -0.3 is 10.6 Å². The van der Waals surface area contributed by atoms with Crippen LogP contribution in [0.3, 0.4) is 0 Å². The van der Waals surface area contributed by atoms with Crippen LogP contribution in [-0.4, -0.2) is 49.6 Å². The van der Waals surface area contributed by atoms with Crippen LogP contribution in [0.2, 0.25) is 0 Å². The minimum Gasteiger partial charge on any atom is -0.358 e. The van der Waals surface area contributed by atoms with Gasteiger partial charge in [-0.05, 0) is 26.3 Å². The van der Waals surface area contributed by atoms with Crippen molar-refractivity contribution in [1.29, 1.82) is 0 Å². The number of piperidine rings is 1. The smallest absolute Gasteiger partial charge is 0.236 e. The van der Waals surface area contributed by atoms with Gasteiger partial charge in [0.1, 0.15) is 0 Å². The van der Waals surface area contributed by atoms with Gasteiger partial charge in [-0.25, -0.2) is 0 Å². The average Bonchev–Trinajstić information content (AvgIpc) is 2.28. The molecule has 88 valence electrons. The Morgan fingerprint density at radius 3 is 2.53 bits per heavy atom. The number of nitrogens with zero attached hydrogens (tertiary/aromatic N) is 1. The van der Waals surface area contributed by atoms with E-state index in [-0.39, 0.29) is 11.9 Å². The summed E-state index contributed by atoms with van der Waals surface area (Å²) in [6.45, 7) is 7.19. The molecule has 0 aliphatic carbocycles. The first-order valence-corrected chi connectivity index (χ1v) is 5.88. The Morgan fingerprint density at radius 1 is 1.47 bits per heavy atom. The lowest BCUT2D eigenvalue weighted by atomic mass is 10.0. The molecule has 1 amide bonds. The molecule has 0 aromatic carbocycles. The molecule has 1 atom stereocenters. The van der Waals surface area contributed by atoms with Crippen LogP contribution in [-0.2, 0) is 4.79 Å². The molecule has 0 aromatic heterocycles. The van der Waals surface area contributed by atoms with Crippen LogP contribution in [0.15, 0.2) is 0 Å². The number of rotatable bonds is 4. The molecule has 2 N–H and O–H groups in total. The third-order valence-electron chi connectivity index (χ3n) is 3.20. The largest absolute Gasteiger partial charge is 0.358 e. The predicted octanol–water partition coefficient (Wildman–Crippen LogP) is 0.195. The Labute approximate surface area is 92.4 Å². The highest BCUT2D eigenvalue weighted by molar-refractivity contribution is 5.80. The number of likely N-dealkylation sites (N-methyl/N-ethyl adjacent to an activating group) is 1. The lowest BCUT2D eigenvalue weighted by molar-refractivity contribution is -0.125. The quantitative estimate of drug-likeness (QED) is 0.701. The zero-order chi connectivity index (χ0) is 11.3. The standard InChI is InChI=1S/C11H23N3O/c1-4-13-10-5-7-14(8-6-10)9(2)11(15)12-3/h9-10,13H,4-8H2,1-3H3,(H,12,15). The van der Waals surface area contributed by atoms with E-state index < -0.39 is 0 Å². The molecule has 1 aliphatic heterocycles. The van der Waals surface area contributed by atoms with Gasteiger partial charge in [0.05, 0.1) is 6.04 Å². The highest BCUT2D eigenvalue weighted by Crippen LogP contribution is 2.13. The minimum absolute atomic E-state index is 0.0116. The highest BCUT2D eigenvalue weighted by Gasteiger charge is 2.25. The molecular weight excluding hydrogens is 190 g/mol. The van der Waals surface area contributed by atoms with E-state index in [1.165, 1.54) is 0 Å². The Hall–Kier alpha value is -0.610. The van der Waals surface area contributed by atoms with Crippen molar-refractivity contribution in [2.75, 3.05) is 26.7 Å². The Bertz CT molecular complexity index is 200. The van der Waals surface area contributed by atoms with Gasteiger partial charge in [-0.3, -0.25) is 9.69 Å². The zero-order valence-electron chi connectivity index (χ0n) is 10.0. The van der Waals surface area contributed by atoms with Crippen molar-refractivity contribution >= 4 is 5.91 Å². The number of carbonyl (C=O) groups excluding carboxylic acids is 1. The number of hydrogen-bond donors (Lipinski definition) is 2. The predicted molar refractivity (Wildman–Crippen MR) is 61.8 cm³/mol. The molecule has 1 heterocycles. The molecule has 1 saturated heterocycles. The lowest BCUT2D eigenvalue weighted by Gasteiger charge is -2.35. The normalized spacial score (nSPS) is 21.3. The van der Waals surface area contributed by atoms with E-state index in [1.807, 2.05) is 6.92 Å². The van der Waals surface area contributed by atoms with E-state index in [4.69, 9.17) is 0 Å². The second-order valence-electron chi connectivity index (χ2n) is 4.16. The SMILES string of the molecule is CCNC1CCN(C(C)C(=O)NC)CC1. The molecule has 1 fully saturated rings. The third-order valence-corrected chi connectivity index (χ3v) is 3.20. The second-order valence-corrected chi connectivity index (χ2v) is 4.16. The van der Waals surface area contributed by atoms with Gasteiger partial charge in [0.25, 0.3) is 0 Å². The summed E-state index contributed by atoms with van der Waals surface area (Å²) in [4.78, 5) is 13.7. The first-order chi connectivity index (χ1) is 7.19. The van der Waals surface area contributed by atoms with Crippen molar-refractivity contribution in [3.63, 3.8) is 0 Å². The van der Waals surface area contributed by atoms with Crippen LogP contribution in [0.4, 0.5) is 0 Å². The highest BCUT2D eigenvalue weighted by atomic mass is 16.2. The van der Waals surface area contributed by atoms with Gasteiger partial charge in [0.15, 0.2) is 0 Å². The van der Waals surface area contributed by atoms with E-state index >= 15 is 0 Å². The molecule has 15 heavy (non-hydrogen) atoms. The van der Waals surface area contributed by atoms with Crippen LogP contribution >= 0.6 is 0 Å². The summed E-state index contributed by atoms with van der Waals surface area (Å²) in [6.07, 6.45) is 2.30. The van der Waals surface area contributed by atoms with Crippen LogP contribution in [0.1, 0.15) is 26.7 Å². The summed E-state index contributed by atoms with van der Waals surface area (Å²) in [6, 6.07) is 0.653. The summed E-state index contributed by atoms with van der Waals surface area (Å²) < 4.78 is 0. The number of nitrogens with one attached hydrogen (secondary N) is 2. The maximum absolute atomic E-state index is 11.4. The Balaban J connectivity index is 2.33. The van der Waals surface area contributed by atoms with Crippen molar-refractivity contribution in [3.8, 4) is 0 Å². The van der Waals surface area contributed by atoms with Crippen molar-refractivity contribution in [3.05, 3.63) is 0 Å². The Kier molecular flexibility index (Phi) is 5.05. The molecule has 4 heteroatoms. The van der Waals surface area contributed by atoms with Crippen LogP contribution in [0.5, 0.6) is 0 Å². The molecule has 1 rings (SSSR count). The van der Waals surface area contributed by atoms with E-state index in [9.17, 15) is 4.79 Å². The third kappa shape index (κ3) is 3.47. The first-order valence-electron chi connectivity index (χ1n) is 5.88. The molecular formula is C11H23N3O. The zero-order valence-corrected chi connectivity index (χ0v) is 10.0. The topological polar surface area (TPSA) is 44.4 Å². The molecule has 1 aliphatic rings. The summed E-state index contributed by atoms with van der Waals surface area (Å²) in [5.41, 5.74) is 0. The lowest BCUT2D eigenvalue weighted by Crippen LogP contribution is -2.50. The molecule has 1 unspecified atom stereocenters. The number of carbonyl (C=O) groups is 1. The van der Waals surface area contributed by atoms with Crippen molar-refractivity contribution < 1.29 is 4.79 Å². The maximum Gasteiger partial charge on any atom is 0.236 e. The summed E-state index contributed by atoms with van der Waals surface area (Å²) in [7, 11) is 1.70. The summed E-state index contributed by atoms with van der Waals surface area (Å²) >= 11 is 0. The van der Waals surface area contributed by atoms with E-state index in [0.29, 0.717) is 6.04 Å². The van der Waals surface area contributed by atoms with Gasteiger partial charge in [0.2, 0.25) is 5.91 Å². The summed E-state index contributed by atoms with van der Waals surface area (Å²) in [5.74, 6) is 0.122. The van der Waals surface area contributed by atoms with Crippen LogP contribution < -0.4 is 10.6 Å². The number of hydrogen-bond acceptors (Lipinski definition) is 3. The van der Waals surface area contributed by atoms with Crippen molar-refractivity contribution in [1.82, 2.24) is 15.5 Å². The van der Waals surface area contributed by atoms with Crippen molar-refractivity contribution in [2.45, 2.75) is 38.8 Å². The minimum atomic E-state index is 0.0116. The molecule has 0 radical (unpaired) electrons. The van der Waals surface area contributed by atoms with E-state index in [1.54, 1.807) is 7.05 Å². The monoisotopic (exact) mass is 213 g/mol. The molecule has 0 bridgehead atoms. The fourth-order valence-electron chi connectivity index (χ4n) is 2.15. The number of likely N-dealkylation sites (tertiary alicyclic amines) is 1. The molecule has 0 saturated carbocycles. The van der Waals surface area contributed by atoms with Gasteiger partial charge >= 0.3 is 0 Å². The van der Waals surface area contributed by atoms with Gasteiger partial charge in [-0.2, -0.15) is 0 Å².